The Hall–Kier alpha value is -1.51. The number of hydrogen-bond donors (Lipinski definition) is 2. The number of aryl methyl sites for hydroxylation is 1. The summed E-state index contributed by atoms with van der Waals surface area (Å²) in [5.74, 6) is 1.28. The van der Waals surface area contributed by atoms with Crippen LogP contribution in [0.2, 0.25) is 0 Å². The van der Waals surface area contributed by atoms with Crippen LogP contribution < -0.4 is 11.1 Å². The molecule has 16 heavy (non-hydrogen) atoms. The molecule has 1 aromatic carbocycles. The maximum absolute atomic E-state index is 5.85. The molecule has 2 atom stereocenters. The van der Waals surface area contributed by atoms with Crippen molar-refractivity contribution in [1.29, 1.82) is 0 Å². The minimum atomic E-state index is 0.447. The lowest BCUT2D eigenvalue weighted by Gasteiger charge is -2.05. The van der Waals surface area contributed by atoms with Crippen LogP contribution in [-0.2, 0) is 0 Å². The number of rotatable bonds is 3. The van der Waals surface area contributed by atoms with Crippen LogP contribution in [0, 0.1) is 12.8 Å². The minimum absolute atomic E-state index is 0.447. The highest BCUT2D eigenvalue weighted by molar-refractivity contribution is 5.92. The lowest BCUT2D eigenvalue weighted by molar-refractivity contribution is 0.759. The van der Waals surface area contributed by atoms with Crippen molar-refractivity contribution in [1.82, 2.24) is 0 Å². The second kappa shape index (κ2) is 4.56. The van der Waals surface area contributed by atoms with E-state index in [1.54, 1.807) is 0 Å². The number of nitrogens with one attached hydrogen (secondary N) is 1. The average Bonchev–Trinajstić information content (AvgIpc) is 2.96. The molecule has 2 rings (SSSR count). The van der Waals surface area contributed by atoms with Crippen molar-refractivity contribution in [2.24, 2.45) is 16.6 Å². The molecule has 1 aromatic rings. The molecule has 86 valence electrons. The predicted molar refractivity (Wildman–Crippen MR) is 68.6 cm³/mol. The Bertz CT molecular complexity index is 398. The molecule has 0 spiro atoms. The molecule has 1 aliphatic carbocycles. The summed E-state index contributed by atoms with van der Waals surface area (Å²) < 4.78 is 0. The molecule has 3 heteroatoms. The van der Waals surface area contributed by atoms with Gasteiger partial charge in [-0.15, -0.1) is 0 Å². The molecule has 0 unspecified atom stereocenters. The lowest BCUT2D eigenvalue weighted by atomic mass is 10.2. The molecule has 0 saturated heterocycles. The van der Waals surface area contributed by atoms with Crippen LogP contribution in [0.3, 0.4) is 0 Å². The van der Waals surface area contributed by atoms with E-state index in [4.69, 9.17) is 5.73 Å². The fourth-order valence-electron chi connectivity index (χ4n) is 1.91. The number of anilines is 1. The fourth-order valence-corrected chi connectivity index (χ4v) is 1.91. The Labute approximate surface area is 96.8 Å². The molecular formula is C13H19N3. The zero-order chi connectivity index (χ0) is 11.5. The van der Waals surface area contributed by atoms with Crippen molar-refractivity contribution in [3.63, 3.8) is 0 Å². The number of nitrogens with two attached hydrogens (primary N) is 1. The fraction of sp³-hybridized carbons (Fsp3) is 0.462. The van der Waals surface area contributed by atoms with Crippen LogP contribution in [-0.4, -0.2) is 12.0 Å². The molecule has 0 aliphatic heterocycles. The molecule has 1 aliphatic rings. The van der Waals surface area contributed by atoms with Gasteiger partial charge in [0, 0.05) is 5.69 Å². The molecule has 3 N–H and O–H groups in total. The second-order valence-corrected chi connectivity index (χ2v) is 4.48. The molecule has 0 bridgehead atoms. The van der Waals surface area contributed by atoms with Crippen molar-refractivity contribution in [3.8, 4) is 0 Å². The van der Waals surface area contributed by atoms with E-state index >= 15 is 0 Å². The van der Waals surface area contributed by atoms with Gasteiger partial charge in [0.25, 0.3) is 0 Å². The van der Waals surface area contributed by atoms with Crippen LogP contribution in [0.1, 0.15) is 25.3 Å². The van der Waals surface area contributed by atoms with Crippen molar-refractivity contribution < 1.29 is 0 Å². The SMILES string of the molecule is CC[C@@H]1C[C@H]1N=C(N)Nc1cccc(C)c1. The summed E-state index contributed by atoms with van der Waals surface area (Å²) in [5.41, 5.74) is 8.08. The van der Waals surface area contributed by atoms with E-state index < -0.39 is 0 Å². The van der Waals surface area contributed by atoms with Gasteiger partial charge < -0.3 is 11.1 Å². The molecule has 0 heterocycles. The zero-order valence-electron chi connectivity index (χ0n) is 9.90. The van der Waals surface area contributed by atoms with Gasteiger partial charge in [-0.25, -0.2) is 4.99 Å². The third-order valence-electron chi connectivity index (χ3n) is 3.01. The first-order chi connectivity index (χ1) is 7.69. The van der Waals surface area contributed by atoms with Crippen molar-refractivity contribution in [2.75, 3.05) is 5.32 Å². The number of hydrogen-bond acceptors (Lipinski definition) is 1. The van der Waals surface area contributed by atoms with E-state index in [1.807, 2.05) is 12.1 Å². The molecule has 0 radical (unpaired) electrons. The number of aliphatic imine (C=N–C) groups is 1. The maximum atomic E-state index is 5.85. The number of guanidine groups is 1. The van der Waals surface area contributed by atoms with Gasteiger partial charge in [0.1, 0.15) is 0 Å². The Morgan fingerprint density at radius 3 is 3.00 bits per heavy atom. The van der Waals surface area contributed by atoms with Crippen LogP contribution in [0.25, 0.3) is 0 Å². The lowest BCUT2D eigenvalue weighted by Crippen LogP contribution is -2.23. The molecule has 3 nitrogen and oxygen atoms in total. The van der Waals surface area contributed by atoms with E-state index in [0.29, 0.717) is 12.0 Å². The van der Waals surface area contributed by atoms with Crippen LogP contribution in [0.15, 0.2) is 29.3 Å². The smallest absolute Gasteiger partial charge is 0.193 e. The third-order valence-corrected chi connectivity index (χ3v) is 3.01. The van der Waals surface area contributed by atoms with E-state index in [9.17, 15) is 0 Å². The van der Waals surface area contributed by atoms with Gasteiger partial charge in [-0.1, -0.05) is 25.5 Å². The summed E-state index contributed by atoms with van der Waals surface area (Å²) in [5, 5.41) is 3.13. The van der Waals surface area contributed by atoms with Gasteiger partial charge in [0.05, 0.1) is 6.04 Å². The van der Waals surface area contributed by atoms with Crippen LogP contribution in [0.4, 0.5) is 5.69 Å². The predicted octanol–water partition coefficient (Wildman–Crippen LogP) is 2.52. The Morgan fingerprint density at radius 1 is 1.56 bits per heavy atom. The van der Waals surface area contributed by atoms with Gasteiger partial charge in [-0.2, -0.15) is 0 Å². The van der Waals surface area contributed by atoms with Gasteiger partial charge in [0.15, 0.2) is 5.96 Å². The van der Waals surface area contributed by atoms with Crippen molar-refractivity contribution in [2.45, 2.75) is 32.7 Å². The third kappa shape index (κ3) is 2.75. The van der Waals surface area contributed by atoms with Gasteiger partial charge in [-0.05, 0) is 37.0 Å². The molecule has 0 amide bonds. The van der Waals surface area contributed by atoms with E-state index in [0.717, 1.165) is 11.6 Å². The largest absolute Gasteiger partial charge is 0.370 e. The van der Waals surface area contributed by atoms with Crippen LogP contribution in [0.5, 0.6) is 0 Å². The van der Waals surface area contributed by atoms with E-state index in [-0.39, 0.29) is 0 Å². The van der Waals surface area contributed by atoms with Gasteiger partial charge in [0.2, 0.25) is 0 Å². The second-order valence-electron chi connectivity index (χ2n) is 4.48. The summed E-state index contributed by atoms with van der Waals surface area (Å²) in [7, 11) is 0. The Kier molecular flexibility index (Phi) is 3.13. The molecule has 1 saturated carbocycles. The zero-order valence-corrected chi connectivity index (χ0v) is 9.90. The minimum Gasteiger partial charge on any atom is -0.370 e. The standard InChI is InChI=1S/C13H19N3/c1-3-10-8-12(10)16-13(14)15-11-6-4-5-9(2)7-11/h4-7,10,12H,3,8H2,1-2H3,(H3,14,15,16)/t10-,12-/m1/s1. The molecular weight excluding hydrogens is 198 g/mol. The first-order valence-corrected chi connectivity index (χ1v) is 5.86. The highest BCUT2D eigenvalue weighted by Gasteiger charge is 2.35. The maximum Gasteiger partial charge on any atom is 0.193 e. The van der Waals surface area contributed by atoms with Gasteiger partial charge in [-0.3, -0.25) is 0 Å². The normalized spacial score (nSPS) is 24.2. The quantitative estimate of drug-likeness (QED) is 0.604. The van der Waals surface area contributed by atoms with Crippen molar-refractivity contribution in [3.05, 3.63) is 29.8 Å². The molecule has 0 aromatic heterocycles. The van der Waals surface area contributed by atoms with E-state index in [1.165, 1.54) is 18.4 Å². The number of benzene rings is 1. The topological polar surface area (TPSA) is 50.4 Å². The Morgan fingerprint density at radius 2 is 2.38 bits per heavy atom. The Balaban J connectivity index is 1.94. The highest BCUT2D eigenvalue weighted by Crippen LogP contribution is 2.36. The molecule has 1 fully saturated rings. The first kappa shape index (κ1) is 11.0. The summed E-state index contributed by atoms with van der Waals surface area (Å²) in [6.45, 7) is 4.26. The average molecular weight is 217 g/mol. The first-order valence-electron chi connectivity index (χ1n) is 5.86. The highest BCUT2D eigenvalue weighted by atomic mass is 15.1. The summed E-state index contributed by atoms with van der Waals surface area (Å²) >= 11 is 0. The summed E-state index contributed by atoms with van der Waals surface area (Å²) in [6.07, 6.45) is 2.39. The summed E-state index contributed by atoms with van der Waals surface area (Å²) in [6, 6.07) is 8.58. The van der Waals surface area contributed by atoms with Crippen LogP contribution >= 0.6 is 0 Å². The number of nitrogens with zero attached hydrogens (tertiary/aromatic N) is 1. The monoisotopic (exact) mass is 217 g/mol. The summed E-state index contributed by atoms with van der Waals surface area (Å²) in [4.78, 5) is 4.45. The van der Waals surface area contributed by atoms with Crippen molar-refractivity contribution >= 4 is 11.6 Å². The van der Waals surface area contributed by atoms with Gasteiger partial charge >= 0.3 is 0 Å². The van der Waals surface area contributed by atoms with E-state index in [2.05, 4.69) is 36.3 Å².